The zero-order valence-electron chi connectivity index (χ0n) is 11.7. The van der Waals surface area contributed by atoms with Gasteiger partial charge in [0.1, 0.15) is 0 Å². The molecule has 0 amide bonds. The SMILES string of the molecule is COc1cc(CNCCC2CCC2)cc(OC)c1O. The predicted octanol–water partition coefficient (Wildman–Crippen LogP) is 2.69. The molecular formula is C15H23NO3. The number of nitrogens with one attached hydrogen (secondary N) is 1. The average Bonchev–Trinajstić information content (AvgIpc) is 2.37. The van der Waals surface area contributed by atoms with Crippen LogP contribution < -0.4 is 14.8 Å². The summed E-state index contributed by atoms with van der Waals surface area (Å²) in [5, 5.41) is 13.3. The van der Waals surface area contributed by atoms with Crippen molar-refractivity contribution in [2.24, 2.45) is 5.92 Å². The molecule has 2 rings (SSSR count). The van der Waals surface area contributed by atoms with Crippen LogP contribution in [0.15, 0.2) is 12.1 Å². The third kappa shape index (κ3) is 3.53. The molecule has 1 fully saturated rings. The summed E-state index contributed by atoms with van der Waals surface area (Å²) in [5.41, 5.74) is 1.06. The molecule has 19 heavy (non-hydrogen) atoms. The van der Waals surface area contributed by atoms with Gasteiger partial charge in [-0.2, -0.15) is 0 Å². The van der Waals surface area contributed by atoms with Crippen molar-refractivity contribution >= 4 is 0 Å². The number of hydrogen-bond acceptors (Lipinski definition) is 4. The maximum absolute atomic E-state index is 9.83. The Labute approximate surface area is 114 Å². The third-order valence-electron chi connectivity index (χ3n) is 3.82. The standard InChI is InChI=1S/C15H23NO3/c1-18-13-8-12(9-14(19-2)15(13)17)10-16-7-6-11-4-3-5-11/h8-9,11,16-17H,3-7,10H2,1-2H3. The van der Waals surface area contributed by atoms with Crippen LogP contribution in [-0.4, -0.2) is 25.9 Å². The molecule has 0 aliphatic heterocycles. The second-order valence-electron chi connectivity index (χ2n) is 5.11. The molecule has 0 bridgehead atoms. The Morgan fingerprint density at radius 1 is 1.21 bits per heavy atom. The molecule has 1 aliphatic rings. The minimum atomic E-state index is 0.0585. The van der Waals surface area contributed by atoms with Crippen molar-refractivity contribution < 1.29 is 14.6 Å². The van der Waals surface area contributed by atoms with E-state index < -0.39 is 0 Å². The number of benzene rings is 1. The van der Waals surface area contributed by atoms with Gasteiger partial charge in [0.2, 0.25) is 5.75 Å². The highest BCUT2D eigenvalue weighted by Crippen LogP contribution is 2.37. The molecule has 4 nitrogen and oxygen atoms in total. The molecule has 0 heterocycles. The molecule has 0 atom stereocenters. The van der Waals surface area contributed by atoms with Crippen LogP contribution in [0.4, 0.5) is 0 Å². The van der Waals surface area contributed by atoms with Crippen molar-refractivity contribution in [3.63, 3.8) is 0 Å². The van der Waals surface area contributed by atoms with E-state index in [1.807, 2.05) is 12.1 Å². The van der Waals surface area contributed by atoms with Gasteiger partial charge in [-0.1, -0.05) is 19.3 Å². The van der Waals surface area contributed by atoms with Crippen molar-refractivity contribution in [3.05, 3.63) is 17.7 Å². The van der Waals surface area contributed by atoms with Gasteiger partial charge in [-0.15, -0.1) is 0 Å². The minimum absolute atomic E-state index is 0.0585. The molecular weight excluding hydrogens is 242 g/mol. The summed E-state index contributed by atoms with van der Waals surface area (Å²) in [6.45, 7) is 1.80. The minimum Gasteiger partial charge on any atom is -0.502 e. The van der Waals surface area contributed by atoms with E-state index in [2.05, 4.69) is 5.32 Å². The van der Waals surface area contributed by atoms with Crippen LogP contribution in [0.25, 0.3) is 0 Å². The first-order chi connectivity index (χ1) is 9.24. The molecule has 0 unspecified atom stereocenters. The Balaban J connectivity index is 1.87. The highest BCUT2D eigenvalue weighted by atomic mass is 16.5. The first-order valence-corrected chi connectivity index (χ1v) is 6.89. The third-order valence-corrected chi connectivity index (χ3v) is 3.82. The zero-order chi connectivity index (χ0) is 13.7. The fourth-order valence-electron chi connectivity index (χ4n) is 2.37. The maximum atomic E-state index is 9.83. The van der Waals surface area contributed by atoms with Gasteiger partial charge in [-0.05, 0) is 36.6 Å². The van der Waals surface area contributed by atoms with E-state index in [0.717, 1.165) is 24.6 Å². The highest BCUT2D eigenvalue weighted by Gasteiger charge is 2.16. The van der Waals surface area contributed by atoms with Crippen LogP contribution in [-0.2, 0) is 6.54 Å². The number of hydrogen-bond donors (Lipinski definition) is 2. The molecule has 2 N–H and O–H groups in total. The molecule has 1 aliphatic carbocycles. The van der Waals surface area contributed by atoms with Gasteiger partial charge < -0.3 is 19.9 Å². The van der Waals surface area contributed by atoms with Gasteiger partial charge in [0.25, 0.3) is 0 Å². The van der Waals surface area contributed by atoms with Crippen LogP contribution in [0.3, 0.4) is 0 Å². The first kappa shape index (κ1) is 14.0. The van der Waals surface area contributed by atoms with Crippen LogP contribution in [0, 0.1) is 5.92 Å². The lowest BCUT2D eigenvalue weighted by molar-refractivity contribution is 0.292. The molecule has 1 aromatic rings. The van der Waals surface area contributed by atoms with Gasteiger partial charge in [-0.3, -0.25) is 0 Å². The molecule has 0 saturated heterocycles. The van der Waals surface area contributed by atoms with Crippen molar-refractivity contribution in [2.75, 3.05) is 20.8 Å². The Morgan fingerprint density at radius 3 is 2.32 bits per heavy atom. The van der Waals surface area contributed by atoms with Crippen molar-refractivity contribution in [3.8, 4) is 17.2 Å². The fraction of sp³-hybridized carbons (Fsp3) is 0.600. The number of phenolic OH excluding ortho intramolecular Hbond substituents is 1. The van der Waals surface area contributed by atoms with Crippen LogP contribution in [0.1, 0.15) is 31.2 Å². The number of ether oxygens (including phenoxy) is 2. The summed E-state index contributed by atoms with van der Waals surface area (Å²) in [6.07, 6.45) is 5.44. The predicted molar refractivity (Wildman–Crippen MR) is 74.9 cm³/mol. The van der Waals surface area contributed by atoms with Crippen molar-refractivity contribution in [2.45, 2.75) is 32.2 Å². The van der Waals surface area contributed by atoms with Crippen molar-refractivity contribution in [1.82, 2.24) is 5.32 Å². The number of methoxy groups -OCH3 is 2. The second kappa shape index (κ2) is 6.66. The lowest BCUT2D eigenvalue weighted by atomic mass is 9.83. The Bertz CT molecular complexity index is 391. The molecule has 106 valence electrons. The summed E-state index contributed by atoms with van der Waals surface area (Å²) in [6, 6.07) is 3.68. The molecule has 4 heteroatoms. The van der Waals surface area contributed by atoms with Gasteiger partial charge in [0.15, 0.2) is 11.5 Å². The molecule has 0 spiro atoms. The normalized spacial score (nSPS) is 15.1. The van der Waals surface area contributed by atoms with E-state index >= 15 is 0 Å². The first-order valence-electron chi connectivity index (χ1n) is 6.89. The quantitative estimate of drug-likeness (QED) is 0.744. The summed E-state index contributed by atoms with van der Waals surface area (Å²) >= 11 is 0. The Morgan fingerprint density at radius 2 is 1.84 bits per heavy atom. The molecule has 1 aromatic carbocycles. The summed E-state index contributed by atoms with van der Waals surface area (Å²) < 4.78 is 10.3. The van der Waals surface area contributed by atoms with Crippen LogP contribution >= 0.6 is 0 Å². The topological polar surface area (TPSA) is 50.7 Å². The van der Waals surface area contributed by atoms with Gasteiger partial charge in [0, 0.05) is 6.54 Å². The fourth-order valence-corrected chi connectivity index (χ4v) is 2.37. The lowest BCUT2D eigenvalue weighted by Gasteiger charge is -2.25. The smallest absolute Gasteiger partial charge is 0.200 e. The monoisotopic (exact) mass is 265 g/mol. The van der Waals surface area contributed by atoms with Crippen LogP contribution in [0.2, 0.25) is 0 Å². The molecule has 0 aromatic heterocycles. The van der Waals surface area contributed by atoms with E-state index in [9.17, 15) is 5.11 Å². The van der Waals surface area contributed by atoms with Crippen molar-refractivity contribution in [1.29, 1.82) is 0 Å². The highest BCUT2D eigenvalue weighted by molar-refractivity contribution is 5.52. The molecule has 1 saturated carbocycles. The summed E-state index contributed by atoms with van der Waals surface area (Å²) in [7, 11) is 3.09. The summed E-state index contributed by atoms with van der Waals surface area (Å²) in [5.74, 6) is 1.89. The van der Waals surface area contributed by atoms with Gasteiger partial charge >= 0.3 is 0 Å². The number of rotatable bonds is 7. The van der Waals surface area contributed by atoms with E-state index in [1.165, 1.54) is 25.7 Å². The van der Waals surface area contributed by atoms with Crippen LogP contribution in [0.5, 0.6) is 17.2 Å². The largest absolute Gasteiger partial charge is 0.502 e. The Kier molecular flexibility index (Phi) is 4.91. The molecule has 0 radical (unpaired) electrons. The summed E-state index contributed by atoms with van der Waals surface area (Å²) in [4.78, 5) is 0. The van der Waals surface area contributed by atoms with E-state index in [1.54, 1.807) is 14.2 Å². The van der Waals surface area contributed by atoms with Gasteiger partial charge in [0.05, 0.1) is 14.2 Å². The van der Waals surface area contributed by atoms with Gasteiger partial charge in [-0.25, -0.2) is 0 Å². The second-order valence-corrected chi connectivity index (χ2v) is 5.11. The zero-order valence-corrected chi connectivity index (χ0v) is 11.7. The van der Waals surface area contributed by atoms with E-state index in [0.29, 0.717) is 11.5 Å². The average molecular weight is 265 g/mol. The number of phenols is 1. The maximum Gasteiger partial charge on any atom is 0.200 e. The Hall–Kier alpha value is -1.42. The van der Waals surface area contributed by atoms with E-state index in [4.69, 9.17) is 9.47 Å². The number of aromatic hydroxyl groups is 1. The van der Waals surface area contributed by atoms with E-state index in [-0.39, 0.29) is 5.75 Å². The lowest BCUT2D eigenvalue weighted by Crippen LogP contribution is -2.21.